The lowest BCUT2D eigenvalue weighted by Crippen LogP contribution is -2.65. The van der Waals surface area contributed by atoms with Gasteiger partial charge in [0.05, 0.1) is 23.9 Å². The SMILES string of the molecule is CC(C)(O)CCC(=O)[C@](C)(O)C1[C@H](O)C[C@@]2(C)[C@@H]3CC=C4[C@@H](C[C@@H](O)[C@@H](O)C4(C)C)[C@]3(C)C(=O)C[C@]12C. The number of hydrogen-bond donors (Lipinski definition) is 5. The highest BCUT2D eigenvalue weighted by molar-refractivity contribution is 5.90. The molecule has 0 aliphatic heterocycles. The van der Waals surface area contributed by atoms with Gasteiger partial charge in [-0.05, 0) is 69.1 Å². The molecule has 210 valence electrons. The maximum Gasteiger partial charge on any atom is 0.164 e. The summed E-state index contributed by atoms with van der Waals surface area (Å²) >= 11 is 0. The van der Waals surface area contributed by atoms with E-state index in [2.05, 4.69) is 13.0 Å². The summed E-state index contributed by atoms with van der Waals surface area (Å²) in [6.07, 6.45) is 0.895. The number of fused-ring (bicyclic) bond motifs is 5. The molecule has 3 fully saturated rings. The van der Waals surface area contributed by atoms with Crippen molar-refractivity contribution < 1.29 is 35.1 Å². The van der Waals surface area contributed by atoms with Crippen LogP contribution in [0.25, 0.3) is 0 Å². The second-order valence-corrected chi connectivity index (χ2v) is 14.8. The van der Waals surface area contributed by atoms with Gasteiger partial charge in [-0.3, -0.25) is 9.59 Å². The molecule has 0 bridgehead atoms. The van der Waals surface area contributed by atoms with E-state index >= 15 is 0 Å². The normalized spacial score (nSPS) is 46.8. The van der Waals surface area contributed by atoms with Crippen LogP contribution in [-0.4, -0.2) is 66.6 Å². The second-order valence-electron chi connectivity index (χ2n) is 14.8. The van der Waals surface area contributed by atoms with E-state index in [4.69, 9.17) is 0 Å². The van der Waals surface area contributed by atoms with Crippen LogP contribution in [0, 0.1) is 39.4 Å². The van der Waals surface area contributed by atoms with Crippen molar-refractivity contribution in [2.45, 2.75) is 123 Å². The van der Waals surface area contributed by atoms with Gasteiger partial charge < -0.3 is 25.5 Å². The molecule has 0 heterocycles. The molecule has 0 spiro atoms. The molecular formula is C30H48O7. The molecular weight excluding hydrogens is 472 g/mol. The van der Waals surface area contributed by atoms with Crippen molar-refractivity contribution >= 4 is 11.6 Å². The molecule has 0 aromatic heterocycles. The van der Waals surface area contributed by atoms with Crippen molar-refractivity contribution in [2.24, 2.45) is 39.4 Å². The molecule has 0 aromatic carbocycles. The fourth-order valence-electron chi connectivity index (χ4n) is 9.40. The first kappa shape index (κ1) is 28.9. The van der Waals surface area contributed by atoms with E-state index in [0.29, 0.717) is 19.3 Å². The summed E-state index contributed by atoms with van der Waals surface area (Å²) in [6.45, 7) is 14.6. The Kier molecular flexibility index (Phi) is 6.59. The van der Waals surface area contributed by atoms with Crippen LogP contribution in [0.5, 0.6) is 0 Å². The smallest absolute Gasteiger partial charge is 0.164 e. The zero-order chi connectivity index (χ0) is 28.1. The van der Waals surface area contributed by atoms with Crippen LogP contribution in [0.4, 0.5) is 0 Å². The largest absolute Gasteiger partial charge is 0.393 e. The first-order valence-corrected chi connectivity index (χ1v) is 13.9. The summed E-state index contributed by atoms with van der Waals surface area (Å²) in [6, 6.07) is 0. The highest BCUT2D eigenvalue weighted by atomic mass is 16.3. The quantitative estimate of drug-likeness (QED) is 0.352. The Balaban J connectivity index is 1.76. The molecule has 10 atom stereocenters. The second kappa shape index (κ2) is 8.44. The van der Waals surface area contributed by atoms with E-state index in [-0.39, 0.29) is 36.9 Å². The molecule has 0 aromatic rings. The number of carbonyl (C=O) groups excluding carboxylic acids is 2. The van der Waals surface area contributed by atoms with E-state index < -0.39 is 62.9 Å². The molecule has 37 heavy (non-hydrogen) atoms. The maximum atomic E-state index is 14.2. The first-order valence-electron chi connectivity index (χ1n) is 13.9. The number of aliphatic hydroxyl groups excluding tert-OH is 3. The van der Waals surface area contributed by atoms with Gasteiger partial charge in [0.25, 0.3) is 0 Å². The third-order valence-corrected chi connectivity index (χ3v) is 11.8. The van der Waals surface area contributed by atoms with Gasteiger partial charge in [0.1, 0.15) is 11.4 Å². The minimum atomic E-state index is -1.85. The molecule has 3 saturated carbocycles. The lowest BCUT2D eigenvalue weighted by molar-refractivity contribution is -0.188. The van der Waals surface area contributed by atoms with Crippen LogP contribution in [0.1, 0.15) is 93.9 Å². The van der Waals surface area contributed by atoms with Gasteiger partial charge in [0, 0.05) is 29.6 Å². The van der Waals surface area contributed by atoms with Crippen LogP contribution in [0.15, 0.2) is 11.6 Å². The fourth-order valence-corrected chi connectivity index (χ4v) is 9.40. The summed E-state index contributed by atoms with van der Waals surface area (Å²) in [7, 11) is 0. The lowest BCUT2D eigenvalue weighted by Gasteiger charge is -2.65. The predicted octanol–water partition coefficient (Wildman–Crippen LogP) is 2.94. The fraction of sp³-hybridized carbons (Fsp3) is 0.867. The summed E-state index contributed by atoms with van der Waals surface area (Å²) in [5.41, 5.74) is -4.71. The number of aliphatic hydroxyl groups is 5. The summed E-state index contributed by atoms with van der Waals surface area (Å²) in [5, 5.41) is 54.8. The molecule has 7 heteroatoms. The van der Waals surface area contributed by atoms with Gasteiger partial charge in [0.15, 0.2) is 5.78 Å². The Morgan fingerprint density at radius 3 is 2.16 bits per heavy atom. The monoisotopic (exact) mass is 520 g/mol. The van der Waals surface area contributed by atoms with Crippen LogP contribution in [-0.2, 0) is 9.59 Å². The maximum absolute atomic E-state index is 14.2. The van der Waals surface area contributed by atoms with E-state index in [1.165, 1.54) is 6.92 Å². The number of rotatable bonds is 5. The average Bonchev–Trinajstić information content (AvgIpc) is 2.96. The Morgan fingerprint density at radius 2 is 1.59 bits per heavy atom. The van der Waals surface area contributed by atoms with Crippen molar-refractivity contribution in [3.05, 3.63) is 11.6 Å². The minimum absolute atomic E-state index is 0.0227. The number of carbonyl (C=O) groups is 2. The standard InChI is InChI=1S/C30H48O7/c1-25(2,36)12-11-21(33)30(8,37)23-19(32)14-27(5)20-10-9-16-17(13-18(31)24(35)26(16,3)4)29(20,7)22(34)15-28(23,27)6/h9,17-20,23-24,31-32,35-37H,10-15H2,1-8H3/t17-,18-,19-,20+,23?,24-,27+,28-,29+,30+/m1/s1. The first-order chi connectivity index (χ1) is 16.7. The molecule has 0 amide bonds. The van der Waals surface area contributed by atoms with Gasteiger partial charge in [-0.15, -0.1) is 0 Å². The third-order valence-electron chi connectivity index (χ3n) is 11.8. The van der Waals surface area contributed by atoms with E-state index in [1.54, 1.807) is 13.8 Å². The van der Waals surface area contributed by atoms with Gasteiger partial charge in [-0.2, -0.15) is 0 Å². The van der Waals surface area contributed by atoms with Crippen LogP contribution < -0.4 is 0 Å². The van der Waals surface area contributed by atoms with Crippen LogP contribution in [0.2, 0.25) is 0 Å². The molecule has 4 aliphatic carbocycles. The van der Waals surface area contributed by atoms with Crippen molar-refractivity contribution in [3.8, 4) is 0 Å². The van der Waals surface area contributed by atoms with Gasteiger partial charge in [0.2, 0.25) is 0 Å². The molecule has 0 radical (unpaired) electrons. The van der Waals surface area contributed by atoms with E-state index in [9.17, 15) is 35.1 Å². The van der Waals surface area contributed by atoms with Crippen molar-refractivity contribution in [2.75, 3.05) is 0 Å². The molecule has 1 unspecified atom stereocenters. The molecule has 4 rings (SSSR count). The lowest BCUT2D eigenvalue weighted by atomic mass is 9.38. The summed E-state index contributed by atoms with van der Waals surface area (Å²) in [5.74, 6) is -1.60. The number of Topliss-reactive ketones (excluding diaryl/α,β-unsaturated/α-hetero) is 2. The van der Waals surface area contributed by atoms with E-state index in [1.807, 2.05) is 27.7 Å². The van der Waals surface area contributed by atoms with Gasteiger partial charge >= 0.3 is 0 Å². The molecule has 4 aliphatic rings. The summed E-state index contributed by atoms with van der Waals surface area (Å²) < 4.78 is 0. The number of hydrogen-bond acceptors (Lipinski definition) is 7. The average molecular weight is 521 g/mol. The third kappa shape index (κ3) is 3.86. The topological polar surface area (TPSA) is 135 Å². The Bertz CT molecular complexity index is 1010. The van der Waals surface area contributed by atoms with Gasteiger partial charge in [-0.25, -0.2) is 0 Å². The molecule has 7 nitrogen and oxygen atoms in total. The van der Waals surface area contributed by atoms with E-state index in [0.717, 1.165) is 5.57 Å². The van der Waals surface area contributed by atoms with Crippen molar-refractivity contribution in [1.82, 2.24) is 0 Å². The highest BCUT2D eigenvalue weighted by Gasteiger charge is 2.74. The Hall–Kier alpha value is -1.12. The predicted molar refractivity (Wildman–Crippen MR) is 139 cm³/mol. The van der Waals surface area contributed by atoms with Crippen molar-refractivity contribution in [1.29, 1.82) is 0 Å². The van der Waals surface area contributed by atoms with Gasteiger partial charge in [-0.1, -0.05) is 46.3 Å². The van der Waals surface area contributed by atoms with Crippen LogP contribution in [0.3, 0.4) is 0 Å². The number of allylic oxidation sites excluding steroid dienone is 1. The zero-order valence-corrected chi connectivity index (χ0v) is 23.8. The highest BCUT2D eigenvalue weighted by Crippen LogP contribution is 2.74. The van der Waals surface area contributed by atoms with Crippen LogP contribution >= 0.6 is 0 Å². The summed E-state index contributed by atoms with van der Waals surface area (Å²) in [4.78, 5) is 27.5. The zero-order valence-electron chi connectivity index (χ0n) is 23.8. The minimum Gasteiger partial charge on any atom is -0.393 e. The van der Waals surface area contributed by atoms with Crippen molar-refractivity contribution in [3.63, 3.8) is 0 Å². The number of ketones is 2. The molecule has 5 N–H and O–H groups in total. The molecule has 0 saturated heterocycles. The Morgan fingerprint density at radius 1 is 1.00 bits per heavy atom. The Labute approximate surface area is 221 Å².